The second-order valence-electron chi connectivity index (χ2n) is 4.65. The Bertz CT molecular complexity index is 563. The van der Waals surface area contributed by atoms with Gasteiger partial charge in [-0.1, -0.05) is 19.9 Å². The highest BCUT2D eigenvalue weighted by Gasteiger charge is 2.11. The summed E-state index contributed by atoms with van der Waals surface area (Å²) in [6, 6.07) is 3.84. The van der Waals surface area contributed by atoms with E-state index in [0.29, 0.717) is 11.1 Å². The van der Waals surface area contributed by atoms with E-state index in [1.165, 1.54) is 11.5 Å². The van der Waals surface area contributed by atoms with Gasteiger partial charge in [-0.05, 0) is 25.0 Å². The Hall–Kier alpha value is -1.62. The van der Waals surface area contributed by atoms with Gasteiger partial charge < -0.3 is 10.5 Å². The number of benzene rings is 1. The fourth-order valence-electron chi connectivity index (χ4n) is 1.55. The zero-order valence-electron chi connectivity index (χ0n) is 11.0. The molecule has 4 nitrogen and oxygen atoms in total. The summed E-state index contributed by atoms with van der Waals surface area (Å²) in [6.07, 6.45) is 0. The Morgan fingerprint density at radius 2 is 1.94 bits per heavy atom. The third kappa shape index (κ3) is 2.61. The van der Waals surface area contributed by atoms with E-state index in [4.69, 9.17) is 10.5 Å². The summed E-state index contributed by atoms with van der Waals surface area (Å²) < 4.78 is 10.00. The van der Waals surface area contributed by atoms with Crippen LogP contribution >= 0.6 is 11.5 Å². The third-order valence-corrected chi connectivity index (χ3v) is 3.31. The van der Waals surface area contributed by atoms with Crippen LogP contribution in [0.15, 0.2) is 12.1 Å². The number of aryl methyl sites for hydroxylation is 2. The normalized spacial score (nSPS) is 10.9. The molecule has 0 saturated heterocycles. The molecule has 0 aliphatic heterocycles. The summed E-state index contributed by atoms with van der Waals surface area (Å²) in [7, 11) is 0. The second-order valence-corrected chi connectivity index (χ2v) is 5.36. The molecule has 1 aromatic heterocycles. The standard InChI is InChI=1S/C13H17N3OS/c1-7(2)12-15-13(18-16-12)17-11-6-10(14)8(3)5-9(11)4/h5-7H,14H2,1-4H3. The third-order valence-electron chi connectivity index (χ3n) is 2.70. The lowest BCUT2D eigenvalue weighted by molar-refractivity contribution is 0.472. The molecule has 0 saturated carbocycles. The van der Waals surface area contributed by atoms with Crippen molar-refractivity contribution in [1.29, 1.82) is 0 Å². The molecule has 0 atom stereocenters. The minimum Gasteiger partial charge on any atom is -0.429 e. The predicted molar refractivity (Wildman–Crippen MR) is 74.4 cm³/mol. The van der Waals surface area contributed by atoms with E-state index >= 15 is 0 Å². The molecule has 0 aliphatic carbocycles. The van der Waals surface area contributed by atoms with Crippen molar-refractivity contribution in [1.82, 2.24) is 9.36 Å². The molecule has 2 aromatic rings. The van der Waals surface area contributed by atoms with E-state index in [2.05, 4.69) is 23.2 Å². The second kappa shape index (κ2) is 4.94. The Morgan fingerprint density at radius 1 is 1.22 bits per heavy atom. The van der Waals surface area contributed by atoms with Gasteiger partial charge in [0.1, 0.15) is 11.6 Å². The molecule has 0 bridgehead atoms. The summed E-state index contributed by atoms with van der Waals surface area (Å²) in [5.74, 6) is 1.86. The highest BCUT2D eigenvalue weighted by atomic mass is 32.1. The van der Waals surface area contributed by atoms with Crippen LogP contribution in [0, 0.1) is 13.8 Å². The first kappa shape index (κ1) is 12.8. The van der Waals surface area contributed by atoms with Gasteiger partial charge in [0, 0.05) is 29.2 Å². The number of hydrogen-bond donors (Lipinski definition) is 1. The monoisotopic (exact) mass is 263 g/mol. The Kier molecular flexibility index (Phi) is 3.52. The molecular weight excluding hydrogens is 246 g/mol. The molecule has 0 aliphatic rings. The highest BCUT2D eigenvalue weighted by Crippen LogP contribution is 2.30. The van der Waals surface area contributed by atoms with Crippen LogP contribution in [0.4, 0.5) is 5.69 Å². The topological polar surface area (TPSA) is 61.0 Å². The van der Waals surface area contributed by atoms with Gasteiger partial charge in [-0.3, -0.25) is 0 Å². The van der Waals surface area contributed by atoms with Crippen molar-refractivity contribution in [2.45, 2.75) is 33.6 Å². The number of anilines is 1. The fraction of sp³-hybridized carbons (Fsp3) is 0.385. The molecule has 0 amide bonds. The lowest BCUT2D eigenvalue weighted by Gasteiger charge is -2.08. The zero-order chi connectivity index (χ0) is 13.3. The largest absolute Gasteiger partial charge is 0.429 e. The van der Waals surface area contributed by atoms with Crippen LogP contribution in [-0.2, 0) is 0 Å². The van der Waals surface area contributed by atoms with Gasteiger partial charge in [0.15, 0.2) is 0 Å². The van der Waals surface area contributed by atoms with E-state index in [9.17, 15) is 0 Å². The lowest BCUT2D eigenvalue weighted by Crippen LogP contribution is -1.94. The van der Waals surface area contributed by atoms with Crippen molar-refractivity contribution in [3.8, 4) is 10.9 Å². The van der Waals surface area contributed by atoms with Crippen LogP contribution in [0.1, 0.15) is 36.7 Å². The summed E-state index contributed by atoms with van der Waals surface area (Å²) in [4.78, 5) is 4.34. The first-order valence-corrected chi connectivity index (χ1v) is 6.63. The quantitative estimate of drug-likeness (QED) is 0.859. The average molecular weight is 263 g/mol. The molecule has 1 aromatic carbocycles. The van der Waals surface area contributed by atoms with Gasteiger partial charge in [-0.2, -0.15) is 9.36 Å². The van der Waals surface area contributed by atoms with Gasteiger partial charge in [0.25, 0.3) is 5.19 Å². The zero-order valence-corrected chi connectivity index (χ0v) is 11.8. The van der Waals surface area contributed by atoms with Gasteiger partial charge in [0.2, 0.25) is 0 Å². The molecular formula is C13H17N3OS. The average Bonchev–Trinajstić information content (AvgIpc) is 2.74. The van der Waals surface area contributed by atoms with Gasteiger partial charge in [-0.25, -0.2) is 0 Å². The first-order valence-electron chi connectivity index (χ1n) is 5.85. The van der Waals surface area contributed by atoms with Crippen LogP contribution in [0.25, 0.3) is 0 Å². The first-order chi connectivity index (χ1) is 8.47. The Labute approximate surface area is 111 Å². The minimum absolute atomic E-state index is 0.308. The van der Waals surface area contributed by atoms with Crippen molar-refractivity contribution in [2.24, 2.45) is 0 Å². The van der Waals surface area contributed by atoms with E-state index < -0.39 is 0 Å². The smallest absolute Gasteiger partial charge is 0.298 e. The molecule has 18 heavy (non-hydrogen) atoms. The molecule has 0 fully saturated rings. The molecule has 2 N–H and O–H groups in total. The Morgan fingerprint density at radius 3 is 2.56 bits per heavy atom. The molecule has 0 unspecified atom stereocenters. The Balaban J connectivity index is 2.25. The number of nitrogens with zero attached hydrogens (tertiary/aromatic N) is 2. The van der Waals surface area contributed by atoms with Gasteiger partial charge in [0.05, 0.1) is 0 Å². The summed E-state index contributed by atoms with van der Waals surface area (Å²) >= 11 is 1.27. The SMILES string of the molecule is Cc1cc(C)c(Oc2nc(C(C)C)ns2)cc1N. The van der Waals surface area contributed by atoms with E-state index in [1.54, 1.807) is 0 Å². The van der Waals surface area contributed by atoms with Crippen molar-refractivity contribution in [3.63, 3.8) is 0 Å². The van der Waals surface area contributed by atoms with Crippen molar-refractivity contribution in [2.75, 3.05) is 5.73 Å². The lowest BCUT2D eigenvalue weighted by atomic mass is 10.1. The summed E-state index contributed by atoms with van der Waals surface area (Å²) in [5.41, 5.74) is 8.71. The van der Waals surface area contributed by atoms with Crippen molar-refractivity contribution < 1.29 is 4.74 Å². The maximum absolute atomic E-state index is 5.88. The molecule has 5 heteroatoms. The summed E-state index contributed by atoms with van der Waals surface area (Å²) in [6.45, 7) is 8.09. The van der Waals surface area contributed by atoms with Crippen LogP contribution in [-0.4, -0.2) is 9.36 Å². The number of ether oxygens (including phenoxy) is 1. The molecule has 0 radical (unpaired) electrons. The van der Waals surface area contributed by atoms with Crippen LogP contribution in [0.5, 0.6) is 10.9 Å². The number of nitrogen functional groups attached to an aromatic ring is 1. The van der Waals surface area contributed by atoms with Crippen molar-refractivity contribution in [3.05, 3.63) is 29.1 Å². The minimum atomic E-state index is 0.308. The number of nitrogens with two attached hydrogens (primary N) is 1. The molecule has 2 rings (SSSR count). The number of rotatable bonds is 3. The highest BCUT2D eigenvalue weighted by molar-refractivity contribution is 7.07. The van der Waals surface area contributed by atoms with Crippen LogP contribution < -0.4 is 10.5 Å². The summed E-state index contributed by atoms with van der Waals surface area (Å²) in [5, 5.41) is 0.560. The van der Waals surface area contributed by atoms with Gasteiger partial charge in [-0.15, -0.1) is 0 Å². The van der Waals surface area contributed by atoms with Gasteiger partial charge >= 0.3 is 0 Å². The number of aromatic nitrogens is 2. The molecule has 0 spiro atoms. The fourth-order valence-corrected chi connectivity index (χ4v) is 2.23. The van der Waals surface area contributed by atoms with Crippen LogP contribution in [0.3, 0.4) is 0 Å². The molecule has 96 valence electrons. The maximum atomic E-state index is 5.88. The number of hydrogen-bond acceptors (Lipinski definition) is 5. The van der Waals surface area contributed by atoms with E-state index in [-0.39, 0.29) is 0 Å². The molecule has 1 heterocycles. The maximum Gasteiger partial charge on any atom is 0.298 e. The van der Waals surface area contributed by atoms with E-state index in [0.717, 1.165) is 28.4 Å². The van der Waals surface area contributed by atoms with Crippen molar-refractivity contribution >= 4 is 17.2 Å². The van der Waals surface area contributed by atoms with Crippen LogP contribution in [0.2, 0.25) is 0 Å². The predicted octanol–water partition coefficient (Wildman–Crippen LogP) is 3.65. The van der Waals surface area contributed by atoms with E-state index in [1.807, 2.05) is 26.0 Å².